The molecule has 0 fully saturated rings. The fourth-order valence-corrected chi connectivity index (χ4v) is 3.06. The lowest BCUT2D eigenvalue weighted by Crippen LogP contribution is -2.23. The number of nitrogens with one attached hydrogen (secondary N) is 1. The average Bonchev–Trinajstić information content (AvgIpc) is 2.68. The van der Waals surface area contributed by atoms with E-state index in [2.05, 4.69) is 34.2 Å². The van der Waals surface area contributed by atoms with Crippen molar-refractivity contribution in [2.24, 2.45) is 0 Å². The minimum absolute atomic E-state index is 0.200. The highest BCUT2D eigenvalue weighted by atomic mass is 79.9. The second kappa shape index (κ2) is 7.20. The van der Waals surface area contributed by atoms with E-state index in [-0.39, 0.29) is 11.9 Å². The molecule has 0 aromatic heterocycles. The topological polar surface area (TPSA) is 12.0 Å². The maximum absolute atomic E-state index is 13.4. The van der Waals surface area contributed by atoms with Crippen LogP contribution in [0.1, 0.15) is 50.6 Å². The molecule has 1 nitrogen and oxygen atoms in total. The summed E-state index contributed by atoms with van der Waals surface area (Å²) in [7, 11) is 0. The summed E-state index contributed by atoms with van der Waals surface area (Å²) in [5.41, 5.74) is 2.60. The van der Waals surface area contributed by atoms with Crippen molar-refractivity contribution in [3.63, 3.8) is 0 Å². The summed E-state index contributed by atoms with van der Waals surface area (Å²) >= 11 is 3.28. The lowest BCUT2D eigenvalue weighted by molar-refractivity contribution is 0.583. The van der Waals surface area contributed by atoms with Crippen LogP contribution < -0.4 is 5.32 Å². The van der Waals surface area contributed by atoms with Gasteiger partial charge in [-0.25, -0.2) is 4.39 Å². The molecule has 0 aliphatic heterocycles. The second-order valence-corrected chi connectivity index (χ2v) is 5.90. The van der Waals surface area contributed by atoms with Crippen LogP contribution in [0.15, 0.2) is 34.3 Å². The van der Waals surface area contributed by atoms with E-state index < -0.39 is 0 Å². The van der Waals surface area contributed by atoms with Gasteiger partial charge in [0.25, 0.3) is 0 Å². The Morgan fingerprint density at radius 2 is 2.16 bits per heavy atom. The number of benzene rings is 1. The van der Waals surface area contributed by atoms with Crippen molar-refractivity contribution in [2.75, 3.05) is 6.54 Å². The zero-order valence-electron chi connectivity index (χ0n) is 11.4. The van der Waals surface area contributed by atoms with Crippen LogP contribution in [0.5, 0.6) is 0 Å². The third-order valence-electron chi connectivity index (χ3n) is 3.63. The molecule has 0 amide bonds. The van der Waals surface area contributed by atoms with Crippen LogP contribution in [0.2, 0.25) is 0 Å². The fourth-order valence-electron chi connectivity index (χ4n) is 2.66. The zero-order chi connectivity index (χ0) is 13.7. The number of rotatable bonds is 4. The lowest BCUT2D eigenvalue weighted by Gasteiger charge is -2.22. The van der Waals surface area contributed by atoms with Gasteiger partial charge in [0.15, 0.2) is 0 Å². The molecular formula is C16H21BrFN. The Labute approximate surface area is 123 Å². The van der Waals surface area contributed by atoms with Crippen LogP contribution in [-0.4, -0.2) is 6.54 Å². The van der Waals surface area contributed by atoms with Gasteiger partial charge in [0.1, 0.15) is 5.82 Å². The summed E-state index contributed by atoms with van der Waals surface area (Å²) < 4.78 is 13.9. The summed E-state index contributed by atoms with van der Waals surface area (Å²) in [5.74, 6) is -0.200. The molecule has 1 atom stereocenters. The molecule has 0 spiro atoms. The molecule has 2 rings (SSSR count). The highest BCUT2D eigenvalue weighted by Crippen LogP contribution is 2.31. The Hall–Kier alpha value is -0.670. The van der Waals surface area contributed by atoms with Crippen molar-refractivity contribution in [1.82, 2.24) is 5.32 Å². The minimum Gasteiger partial charge on any atom is -0.307 e. The molecule has 1 aromatic carbocycles. The first-order valence-electron chi connectivity index (χ1n) is 7.09. The van der Waals surface area contributed by atoms with Gasteiger partial charge in [-0.05, 0) is 65.9 Å². The number of hydrogen-bond donors (Lipinski definition) is 1. The number of allylic oxidation sites excluding steroid dienone is 1. The molecule has 0 saturated carbocycles. The van der Waals surface area contributed by atoms with Crippen LogP contribution >= 0.6 is 15.9 Å². The maximum atomic E-state index is 13.4. The zero-order valence-corrected chi connectivity index (χ0v) is 13.0. The van der Waals surface area contributed by atoms with E-state index in [0.717, 1.165) is 18.5 Å². The van der Waals surface area contributed by atoms with Crippen LogP contribution in [0, 0.1) is 5.82 Å². The molecule has 1 aliphatic rings. The average molecular weight is 326 g/mol. The van der Waals surface area contributed by atoms with Gasteiger partial charge in [0.05, 0.1) is 10.5 Å². The summed E-state index contributed by atoms with van der Waals surface area (Å²) in [6.45, 7) is 3.03. The summed E-state index contributed by atoms with van der Waals surface area (Å²) in [6, 6.07) is 5.55. The predicted molar refractivity (Wildman–Crippen MR) is 81.7 cm³/mol. The van der Waals surface area contributed by atoms with Gasteiger partial charge in [0.2, 0.25) is 0 Å². The Bertz CT molecular complexity index is 456. The molecule has 0 bridgehead atoms. The van der Waals surface area contributed by atoms with E-state index in [1.807, 2.05) is 12.1 Å². The third kappa shape index (κ3) is 3.90. The van der Waals surface area contributed by atoms with E-state index >= 15 is 0 Å². The molecule has 0 heterocycles. The van der Waals surface area contributed by atoms with E-state index in [4.69, 9.17) is 0 Å². The highest BCUT2D eigenvalue weighted by Gasteiger charge is 2.17. The molecule has 1 aromatic rings. The molecule has 19 heavy (non-hydrogen) atoms. The summed E-state index contributed by atoms with van der Waals surface area (Å²) in [4.78, 5) is 0. The smallest absolute Gasteiger partial charge is 0.137 e. The van der Waals surface area contributed by atoms with Crippen molar-refractivity contribution < 1.29 is 4.39 Å². The van der Waals surface area contributed by atoms with Crippen molar-refractivity contribution >= 4 is 15.9 Å². The standard InChI is InChI=1S/C16H21BrFN/c1-2-19-16(12-7-5-3-4-6-8-12)13-9-10-15(18)14(17)11-13/h7,9-11,16,19H,2-6,8H2,1H3. The largest absolute Gasteiger partial charge is 0.307 e. The van der Waals surface area contributed by atoms with Gasteiger partial charge in [0, 0.05) is 0 Å². The first-order chi connectivity index (χ1) is 9.22. The van der Waals surface area contributed by atoms with Gasteiger partial charge in [-0.15, -0.1) is 0 Å². The normalized spacial score (nSPS) is 17.7. The van der Waals surface area contributed by atoms with Crippen LogP contribution in [0.3, 0.4) is 0 Å². The Balaban J connectivity index is 2.27. The van der Waals surface area contributed by atoms with Gasteiger partial charge in [-0.2, -0.15) is 0 Å². The Kier molecular flexibility index (Phi) is 5.59. The third-order valence-corrected chi connectivity index (χ3v) is 4.24. The van der Waals surface area contributed by atoms with Gasteiger partial charge in [-0.3, -0.25) is 0 Å². The number of hydrogen-bond acceptors (Lipinski definition) is 1. The van der Waals surface area contributed by atoms with Crippen molar-refractivity contribution in [2.45, 2.75) is 45.1 Å². The fraction of sp³-hybridized carbons (Fsp3) is 0.500. The second-order valence-electron chi connectivity index (χ2n) is 5.04. The molecule has 104 valence electrons. The number of halogens is 2. The van der Waals surface area contributed by atoms with E-state index in [1.165, 1.54) is 31.3 Å². The lowest BCUT2D eigenvalue weighted by atomic mass is 9.95. The molecule has 1 unspecified atom stereocenters. The molecule has 0 radical (unpaired) electrons. The van der Waals surface area contributed by atoms with Gasteiger partial charge in [-0.1, -0.05) is 31.1 Å². The predicted octanol–water partition coefficient (Wildman–Crippen LogP) is 5.13. The quantitative estimate of drug-likeness (QED) is 0.757. The molecule has 1 N–H and O–H groups in total. The SMILES string of the molecule is CCNC(C1=CCCCCC1)c1ccc(F)c(Br)c1. The summed E-state index contributed by atoms with van der Waals surface area (Å²) in [6.07, 6.45) is 8.54. The highest BCUT2D eigenvalue weighted by molar-refractivity contribution is 9.10. The molecular weight excluding hydrogens is 305 g/mol. The van der Waals surface area contributed by atoms with Crippen LogP contribution in [0.4, 0.5) is 4.39 Å². The Morgan fingerprint density at radius 3 is 2.89 bits per heavy atom. The maximum Gasteiger partial charge on any atom is 0.137 e. The van der Waals surface area contributed by atoms with Gasteiger partial charge < -0.3 is 5.32 Å². The molecule has 3 heteroatoms. The molecule has 0 saturated heterocycles. The minimum atomic E-state index is -0.200. The van der Waals surface area contributed by atoms with Crippen LogP contribution in [0.25, 0.3) is 0 Å². The molecule has 1 aliphatic carbocycles. The number of likely N-dealkylation sites (N-methyl/N-ethyl adjacent to an activating group) is 1. The first kappa shape index (κ1) is 14.7. The van der Waals surface area contributed by atoms with Crippen LogP contribution in [-0.2, 0) is 0 Å². The van der Waals surface area contributed by atoms with E-state index in [9.17, 15) is 4.39 Å². The Morgan fingerprint density at radius 1 is 1.32 bits per heavy atom. The van der Waals surface area contributed by atoms with E-state index in [1.54, 1.807) is 6.07 Å². The van der Waals surface area contributed by atoms with Crippen molar-refractivity contribution in [3.8, 4) is 0 Å². The van der Waals surface area contributed by atoms with Crippen molar-refractivity contribution in [1.29, 1.82) is 0 Å². The van der Waals surface area contributed by atoms with Crippen molar-refractivity contribution in [3.05, 3.63) is 45.7 Å². The monoisotopic (exact) mass is 325 g/mol. The van der Waals surface area contributed by atoms with E-state index in [0.29, 0.717) is 4.47 Å². The van der Waals surface area contributed by atoms with Gasteiger partial charge >= 0.3 is 0 Å². The summed E-state index contributed by atoms with van der Waals surface area (Å²) in [5, 5.41) is 3.53. The first-order valence-corrected chi connectivity index (χ1v) is 7.89.